The maximum atomic E-state index is 6.33. The standard InChI is InChI=1S/C14H13Cl3Si/c1-18(10-15,12-5-3-2-4-6-12)14-8-7-11(16)9-13(14)17/h2-9H,10H2,1H3. The smallest absolute Gasteiger partial charge is 0.129 e. The summed E-state index contributed by atoms with van der Waals surface area (Å²) >= 11 is 18.5. The zero-order valence-corrected chi connectivity index (χ0v) is 13.2. The Morgan fingerprint density at radius 3 is 2.22 bits per heavy atom. The Labute approximate surface area is 124 Å². The number of hydrogen-bond donors (Lipinski definition) is 0. The monoisotopic (exact) mass is 314 g/mol. The van der Waals surface area contributed by atoms with E-state index >= 15 is 0 Å². The van der Waals surface area contributed by atoms with Gasteiger partial charge in [-0.1, -0.05) is 71.3 Å². The van der Waals surface area contributed by atoms with E-state index in [2.05, 4.69) is 18.7 Å². The Bertz CT molecular complexity index is 542. The van der Waals surface area contributed by atoms with Gasteiger partial charge in [-0.15, -0.1) is 11.6 Å². The zero-order chi connectivity index (χ0) is 13.2. The molecule has 0 aliphatic rings. The fourth-order valence-corrected chi connectivity index (χ4v) is 6.56. The van der Waals surface area contributed by atoms with E-state index in [0.717, 1.165) is 5.19 Å². The average Bonchev–Trinajstić information content (AvgIpc) is 2.39. The Balaban J connectivity index is 2.57. The molecule has 0 radical (unpaired) electrons. The molecule has 18 heavy (non-hydrogen) atoms. The lowest BCUT2D eigenvalue weighted by molar-refractivity contribution is 1.65. The van der Waals surface area contributed by atoms with Gasteiger partial charge in [-0.3, -0.25) is 0 Å². The van der Waals surface area contributed by atoms with Crippen LogP contribution < -0.4 is 10.4 Å². The normalized spacial score (nSPS) is 14.2. The second-order valence-electron chi connectivity index (χ2n) is 4.46. The SMILES string of the molecule is C[Si](CCl)(c1ccccc1)c1ccc(Cl)cc1Cl. The highest BCUT2D eigenvalue weighted by molar-refractivity contribution is 7.05. The molecule has 0 fully saturated rings. The summed E-state index contributed by atoms with van der Waals surface area (Å²) in [5.74, 6) is 0. The molecule has 2 aromatic carbocycles. The lowest BCUT2D eigenvalue weighted by Crippen LogP contribution is -2.58. The van der Waals surface area contributed by atoms with Gasteiger partial charge >= 0.3 is 0 Å². The van der Waals surface area contributed by atoms with Gasteiger partial charge in [0.25, 0.3) is 0 Å². The Morgan fingerprint density at radius 2 is 1.67 bits per heavy atom. The van der Waals surface area contributed by atoms with Gasteiger partial charge in [0.2, 0.25) is 0 Å². The highest BCUT2D eigenvalue weighted by atomic mass is 35.5. The summed E-state index contributed by atoms with van der Waals surface area (Å²) < 4.78 is 0. The van der Waals surface area contributed by atoms with Gasteiger partial charge in [0.1, 0.15) is 8.07 Å². The number of benzene rings is 2. The van der Waals surface area contributed by atoms with Crippen molar-refractivity contribution in [2.75, 3.05) is 5.50 Å². The number of alkyl halides is 1. The summed E-state index contributed by atoms with van der Waals surface area (Å²) in [6.07, 6.45) is 0. The van der Waals surface area contributed by atoms with Crippen molar-refractivity contribution in [2.24, 2.45) is 0 Å². The first-order valence-electron chi connectivity index (χ1n) is 5.65. The van der Waals surface area contributed by atoms with E-state index < -0.39 is 8.07 Å². The minimum atomic E-state index is -1.97. The molecule has 2 rings (SSSR count). The van der Waals surface area contributed by atoms with Crippen LogP contribution in [0.5, 0.6) is 0 Å². The minimum Gasteiger partial charge on any atom is -0.129 e. The Kier molecular flexibility index (Phi) is 4.39. The summed E-state index contributed by atoms with van der Waals surface area (Å²) in [5, 5.41) is 3.78. The lowest BCUT2D eigenvalue weighted by atomic mass is 10.3. The lowest BCUT2D eigenvalue weighted by Gasteiger charge is -2.27. The highest BCUT2D eigenvalue weighted by Crippen LogP contribution is 2.18. The summed E-state index contributed by atoms with van der Waals surface area (Å²) in [5.41, 5.74) is 0.596. The van der Waals surface area contributed by atoms with Gasteiger partial charge < -0.3 is 0 Å². The van der Waals surface area contributed by atoms with Gasteiger partial charge in [0.05, 0.1) is 0 Å². The molecule has 0 nitrogen and oxygen atoms in total. The van der Waals surface area contributed by atoms with Crippen molar-refractivity contribution in [3.05, 3.63) is 58.6 Å². The first kappa shape index (κ1) is 13.9. The molecule has 0 saturated heterocycles. The molecular formula is C14H13Cl3Si. The van der Waals surface area contributed by atoms with Crippen LogP contribution in [0.3, 0.4) is 0 Å². The van der Waals surface area contributed by atoms with Crippen LogP contribution in [-0.2, 0) is 0 Å². The maximum Gasteiger partial charge on any atom is 0.131 e. The molecule has 1 atom stereocenters. The summed E-state index contributed by atoms with van der Waals surface area (Å²) in [6.45, 7) is 2.23. The quantitative estimate of drug-likeness (QED) is 0.594. The van der Waals surface area contributed by atoms with Crippen molar-refractivity contribution in [1.29, 1.82) is 0 Å². The molecule has 0 N–H and O–H groups in total. The van der Waals surface area contributed by atoms with E-state index in [0.29, 0.717) is 15.5 Å². The second-order valence-corrected chi connectivity index (χ2v) is 10.1. The first-order chi connectivity index (χ1) is 8.58. The highest BCUT2D eigenvalue weighted by Gasteiger charge is 2.32. The van der Waals surface area contributed by atoms with Crippen LogP contribution >= 0.6 is 34.8 Å². The van der Waals surface area contributed by atoms with Gasteiger partial charge in [-0.25, -0.2) is 0 Å². The van der Waals surface area contributed by atoms with Gasteiger partial charge in [-0.2, -0.15) is 0 Å². The molecule has 0 spiro atoms. The van der Waals surface area contributed by atoms with Crippen molar-refractivity contribution in [2.45, 2.75) is 6.55 Å². The zero-order valence-electron chi connectivity index (χ0n) is 9.96. The van der Waals surface area contributed by atoms with E-state index in [1.165, 1.54) is 5.19 Å². The third-order valence-electron chi connectivity index (χ3n) is 3.20. The van der Waals surface area contributed by atoms with Crippen LogP contribution in [0.4, 0.5) is 0 Å². The molecule has 2 aromatic rings. The number of rotatable bonds is 3. The molecular weight excluding hydrogens is 303 g/mol. The maximum absolute atomic E-state index is 6.33. The predicted octanol–water partition coefficient (Wildman–Crippen LogP) is 3.96. The van der Waals surface area contributed by atoms with Crippen molar-refractivity contribution >= 4 is 53.3 Å². The minimum absolute atomic E-state index is 0.596. The molecule has 0 heterocycles. The molecule has 0 aliphatic carbocycles. The summed E-state index contributed by atoms with van der Waals surface area (Å²) in [7, 11) is -1.97. The van der Waals surface area contributed by atoms with Crippen LogP contribution in [0.1, 0.15) is 0 Å². The fraction of sp³-hybridized carbons (Fsp3) is 0.143. The van der Waals surface area contributed by atoms with Gasteiger partial charge in [-0.05, 0) is 17.3 Å². The molecule has 94 valence electrons. The average molecular weight is 316 g/mol. The molecule has 0 aliphatic heterocycles. The van der Waals surface area contributed by atoms with Crippen LogP contribution in [0.15, 0.2) is 48.5 Å². The first-order valence-corrected chi connectivity index (χ1v) is 9.65. The Hall–Kier alpha value is -0.473. The molecule has 0 bridgehead atoms. The molecule has 4 heteroatoms. The molecule has 1 unspecified atom stereocenters. The third-order valence-corrected chi connectivity index (χ3v) is 9.28. The predicted molar refractivity (Wildman–Crippen MR) is 84.5 cm³/mol. The fourth-order valence-electron chi connectivity index (χ4n) is 2.05. The van der Waals surface area contributed by atoms with Crippen LogP contribution in [0.25, 0.3) is 0 Å². The molecule has 0 saturated carbocycles. The number of hydrogen-bond acceptors (Lipinski definition) is 0. The van der Waals surface area contributed by atoms with E-state index in [9.17, 15) is 0 Å². The third kappa shape index (κ3) is 2.60. The number of halogens is 3. The second kappa shape index (κ2) is 5.66. The van der Waals surface area contributed by atoms with Crippen molar-refractivity contribution in [3.8, 4) is 0 Å². The topological polar surface area (TPSA) is 0 Å². The largest absolute Gasteiger partial charge is 0.131 e. The summed E-state index contributed by atoms with van der Waals surface area (Å²) in [6, 6.07) is 16.0. The molecule has 0 amide bonds. The van der Waals surface area contributed by atoms with Crippen LogP contribution in [-0.4, -0.2) is 13.6 Å². The van der Waals surface area contributed by atoms with E-state index in [-0.39, 0.29) is 0 Å². The summed E-state index contributed by atoms with van der Waals surface area (Å²) in [4.78, 5) is 0. The molecule has 0 aromatic heterocycles. The van der Waals surface area contributed by atoms with Crippen molar-refractivity contribution in [1.82, 2.24) is 0 Å². The van der Waals surface area contributed by atoms with Crippen molar-refractivity contribution < 1.29 is 0 Å². The van der Waals surface area contributed by atoms with E-state index in [1.54, 1.807) is 6.07 Å². The van der Waals surface area contributed by atoms with Gasteiger partial charge in [0.15, 0.2) is 0 Å². The van der Waals surface area contributed by atoms with Gasteiger partial charge in [0, 0.05) is 15.5 Å². The van der Waals surface area contributed by atoms with E-state index in [1.807, 2.05) is 30.3 Å². The van der Waals surface area contributed by atoms with E-state index in [4.69, 9.17) is 34.8 Å². The van der Waals surface area contributed by atoms with Crippen molar-refractivity contribution in [3.63, 3.8) is 0 Å². The van der Waals surface area contributed by atoms with Crippen LogP contribution in [0.2, 0.25) is 16.6 Å². The van der Waals surface area contributed by atoms with Crippen LogP contribution in [0, 0.1) is 0 Å². The Morgan fingerprint density at radius 1 is 1.00 bits per heavy atom.